The lowest BCUT2D eigenvalue weighted by atomic mass is 10.1. The zero-order valence-electron chi connectivity index (χ0n) is 13.8. The van der Waals surface area contributed by atoms with Crippen molar-refractivity contribution in [1.82, 2.24) is 15.2 Å². The van der Waals surface area contributed by atoms with E-state index in [4.69, 9.17) is 0 Å². The van der Waals surface area contributed by atoms with Gasteiger partial charge in [0, 0.05) is 17.9 Å². The van der Waals surface area contributed by atoms with Crippen LogP contribution in [0.15, 0.2) is 48.7 Å². The Morgan fingerprint density at radius 1 is 1.08 bits per heavy atom. The second-order valence-corrected chi connectivity index (χ2v) is 6.12. The van der Waals surface area contributed by atoms with E-state index in [1.807, 2.05) is 6.07 Å². The molecule has 0 saturated heterocycles. The minimum absolute atomic E-state index is 0.634. The smallest absolute Gasteiger partial charge is 0.251 e. The molecule has 5 nitrogen and oxygen atoms in total. The predicted molar refractivity (Wildman–Crippen MR) is 96.2 cm³/mol. The summed E-state index contributed by atoms with van der Waals surface area (Å²) in [6, 6.07) is 14.7. The average molecular weight is 317 g/mol. The zero-order valence-corrected chi connectivity index (χ0v) is 13.8. The maximum Gasteiger partial charge on any atom is 0.251 e. The van der Waals surface area contributed by atoms with Crippen LogP contribution in [0.1, 0.15) is 16.7 Å². The summed E-state index contributed by atoms with van der Waals surface area (Å²) in [5, 5.41) is 11.7. The molecule has 3 aromatic rings. The Balaban J connectivity index is 1.64. The first kappa shape index (κ1) is 14.6. The third-order valence-electron chi connectivity index (χ3n) is 4.33. The number of nitrogens with one attached hydrogen (secondary N) is 1. The van der Waals surface area contributed by atoms with E-state index in [2.05, 4.69) is 75.6 Å². The number of nitrogens with zero attached hydrogens (tertiary/aromatic N) is 4. The lowest BCUT2D eigenvalue weighted by Gasteiger charge is -2.17. The lowest BCUT2D eigenvalue weighted by Crippen LogP contribution is -2.17. The first-order chi connectivity index (χ1) is 11.7. The first-order valence-corrected chi connectivity index (χ1v) is 8.10. The van der Waals surface area contributed by atoms with E-state index in [0.717, 1.165) is 18.7 Å². The Kier molecular flexibility index (Phi) is 3.61. The summed E-state index contributed by atoms with van der Waals surface area (Å²) < 4.78 is 0. The summed E-state index contributed by atoms with van der Waals surface area (Å²) in [5.41, 5.74) is 5.92. The number of fused-ring (bicyclic) bond motifs is 1. The van der Waals surface area contributed by atoms with Crippen molar-refractivity contribution in [1.29, 1.82) is 0 Å². The molecule has 0 spiro atoms. The lowest BCUT2D eigenvalue weighted by molar-refractivity contribution is 0.887. The molecular weight excluding hydrogens is 298 g/mol. The Morgan fingerprint density at radius 3 is 2.88 bits per heavy atom. The van der Waals surface area contributed by atoms with Gasteiger partial charge in [0.15, 0.2) is 5.82 Å². The number of benzene rings is 2. The van der Waals surface area contributed by atoms with Crippen LogP contribution in [0.4, 0.5) is 23.1 Å². The van der Waals surface area contributed by atoms with Crippen LogP contribution in [0, 0.1) is 13.8 Å². The van der Waals surface area contributed by atoms with Gasteiger partial charge >= 0.3 is 0 Å². The maximum absolute atomic E-state index is 4.66. The van der Waals surface area contributed by atoms with Crippen molar-refractivity contribution in [2.75, 3.05) is 16.8 Å². The first-order valence-electron chi connectivity index (χ1n) is 8.10. The molecule has 0 radical (unpaired) electrons. The molecule has 4 rings (SSSR count). The van der Waals surface area contributed by atoms with E-state index in [1.165, 1.54) is 22.4 Å². The fourth-order valence-electron chi connectivity index (χ4n) is 3.02. The molecule has 2 heterocycles. The zero-order chi connectivity index (χ0) is 16.5. The van der Waals surface area contributed by atoms with Crippen LogP contribution in [0.5, 0.6) is 0 Å². The quantitative estimate of drug-likeness (QED) is 0.793. The highest BCUT2D eigenvalue weighted by molar-refractivity contribution is 5.67. The second-order valence-electron chi connectivity index (χ2n) is 6.12. The van der Waals surface area contributed by atoms with Gasteiger partial charge in [-0.1, -0.05) is 30.3 Å². The van der Waals surface area contributed by atoms with Crippen molar-refractivity contribution in [2.45, 2.75) is 20.3 Å². The Hall–Kier alpha value is -2.95. The van der Waals surface area contributed by atoms with E-state index in [0.29, 0.717) is 11.8 Å². The molecule has 1 N–H and O–H groups in total. The van der Waals surface area contributed by atoms with Crippen LogP contribution in [0.25, 0.3) is 0 Å². The van der Waals surface area contributed by atoms with Crippen molar-refractivity contribution in [3.8, 4) is 0 Å². The fraction of sp³-hybridized carbons (Fsp3) is 0.211. The van der Waals surface area contributed by atoms with Crippen LogP contribution < -0.4 is 10.2 Å². The molecule has 24 heavy (non-hydrogen) atoms. The SMILES string of the molecule is Cc1ccc(C)c(Nc2cnnc(N3CCc4ccccc43)n2)c1. The highest BCUT2D eigenvalue weighted by Crippen LogP contribution is 2.32. The monoisotopic (exact) mass is 317 g/mol. The molecule has 1 aromatic heterocycles. The standard InChI is InChI=1S/C19H19N5/c1-13-7-8-14(2)16(11-13)21-18-12-20-23-19(22-18)24-10-9-15-5-3-4-6-17(15)24/h3-8,11-12H,9-10H2,1-2H3,(H,21,22,23). The second kappa shape index (κ2) is 5.92. The van der Waals surface area contributed by atoms with Gasteiger partial charge in [-0.05, 0) is 49.1 Å². The van der Waals surface area contributed by atoms with Crippen molar-refractivity contribution in [3.63, 3.8) is 0 Å². The van der Waals surface area contributed by atoms with Gasteiger partial charge in [0.2, 0.25) is 0 Å². The number of rotatable bonds is 3. The molecule has 0 amide bonds. The van der Waals surface area contributed by atoms with Crippen molar-refractivity contribution < 1.29 is 0 Å². The van der Waals surface area contributed by atoms with Gasteiger partial charge in [0.25, 0.3) is 5.95 Å². The molecule has 0 unspecified atom stereocenters. The van der Waals surface area contributed by atoms with E-state index in [9.17, 15) is 0 Å². The molecule has 0 atom stereocenters. The highest BCUT2D eigenvalue weighted by atomic mass is 15.3. The van der Waals surface area contributed by atoms with Gasteiger partial charge in [-0.2, -0.15) is 10.1 Å². The number of hydrogen-bond acceptors (Lipinski definition) is 5. The van der Waals surface area contributed by atoms with Gasteiger partial charge in [0.1, 0.15) is 0 Å². The minimum atomic E-state index is 0.634. The van der Waals surface area contributed by atoms with Gasteiger partial charge in [-0.3, -0.25) is 0 Å². The molecule has 120 valence electrons. The minimum Gasteiger partial charge on any atom is -0.339 e. The van der Waals surface area contributed by atoms with Crippen molar-refractivity contribution in [3.05, 3.63) is 65.4 Å². The Morgan fingerprint density at radius 2 is 1.96 bits per heavy atom. The van der Waals surface area contributed by atoms with Crippen LogP contribution >= 0.6 is 0 Å². The van der Waals surface area contributed by atoms with E-state index >= 15 is 0 Å². The average Bonchev–Trinajstić information content (AvgIpc) is 3.03. The normalized spacial score (nSPS) is 13.0. The summed E-state index contributed by atoms with van der Waals surface area (Å²) >= 11 is 0. The summed E-state index contributed by atoms with van der Waals surface area (Å²) in [6.45, 7) is 5.04. The summed E-state index contributed by atoms with van der Waals surface area (Å²) in [6.07, 6.45) is 2.67. The van der Waals surface area contributed by atoms with Gasteiger partial charge in [-0.25, -0.2) is 0 Å². The molecule has 2 aromatic carbocycles. The van der Waals surface area contributed by atoms with Crippen LogP contribution in [-0.4, -0.2) is 21.7 Å². The van der Waals surface area contributed by atoms with E-state index in [1.54, 1.807) is 6.20 Å². The summed E-state index contributed by atoms with van der Waals surface area (Å²) in [7, 11) is 0. The molecule has 1 aliphatic heterocycles. The predicted octanol–water partition coefficient (Wildman–Crippen LogP) is 3.93. The molecular formula is C19H19N5. The topological polar surface area (TPSA) is 53.9 Å². The van der Waals surface area contributed by atoms with Crippen LogP contribution in [0.2, 0.25) is 0 Å². The molecule has 0 bridgehead atoms. The number of aromatic nitrogens is 3. The number of aryl methyl sites for hydroxylation is 2. The fourth-order valence-corrected chi connectivity index (χ4v) is 3.02. The number of para-hydroxylation sites is 1. The van der Waals surface area contributed by atoms with Crippen molar-refractivity contribution >= 4 is 23.1 Å². The Labute approximate surface area is 141 Å². The van der Waals surface area contributed by atoms with Gasteiger partial charge in [0.05, 0.1) is 6.20 Å². The molecule has 0 saturated carbocycles. The van der Waals surface area contributed by atoms with E-state index in [-0.39, 0.29) is 0 Å². The highest BCUT2D eigenvalue weighted by Gasteiger charge is 2.22. The maximum atomic E-state index is 4.66. The van der Waals surface area contributed by atoms with Crippen LogP contribution in [-0.2, 0) is 6.42 Å². The molecule has 1 aliphatic rings. The van der Waals surface area contributed by atoms with E-state index < -0.39 is 0 Å². The summed E-state index contributed by atoms with van der Waals surface area (Å²) in [5.74, 6) is 1.34. The van der Waals surface area contributed by atoms with Crippen molar-refractivity contribution in [2.24, 2.45) is 0 Å². The number of anilines is 4. The largest absolute Gasteiger partial charge is 0.339 e. The Bertz CT molecular complexity index is 890. The third-order valence-corrected chi connectivity index (χ3v) is 4.33. The molecule has 5 heteroatoms. The number of hydrogen-bond donors (Lipinski definition) is 1. The molecule has 0 aliphatic carbocycles. The van der Waals surface area contributed by atoms with Gasteiger partial charge in [-0.15, -0.1) is 5.10 Å². The van der Waals surface area contributed by atoms with Crippen LogP contribution in [0.3, 0.4) is 0 Å². The third kappa shape index (κ3) is 2.69. The molecule has 0 fully saturated rings. The summed E-state index contributed by atoms with van der Waals surface area (Å²) in [4.78, 5) is 6.78. The van der Waals surface area contributed by atoms with Gasteiger partial charge < -0.3 is 10.2 Å².